The van der Waals surface area contributed by atoms with E-state index in [1.165, 1.54) is 0 Å². The maximum Gasteiger partial charge on any atom is 0.190 e. The van der Waals surface area contributed by atoms with Gasteiger partial charge in [-0.1, -0.05) is 68.9 Å². The molecule has 2 heteroatoms. The summed E-state index contributed by atoms with van der Waals surface area (Å²) in [5.74, 6) is 1.77. The highest BCUT2D eigenvalue weighted by Crippen LogP contribution is 2.02. The van der Waals surface area contributed by atoms with E-state index in [1.54, 1.807) is 5.80 Å². The summed E-state index contributed by atoms with van der Waals surface area (Å²) < 4.78 is 0. The first kappa shape index (κ1) is 10.8. The van der Waals surface area contributed by atoms with Crippen LogP contribution in [0.3, 0.4) is 0 Å². The molecule has 0 aliphatic carbocycles. The van der Waals surface area contributed by atoms with Crippen LogP contribution in [0.15, 0.2) is 60.7 Å². The zero-order valence-corrected chi connectivity index (χ0v) is 9.60. The van der Waals surface area contributed by atoms with Gasteiger partial charge in [-0.15, -0.1) is 0 Å². The third-order valence-corrected chi connectivity index (χ3v) is 3.11. The summed E-state index contributed by atoms with van der Waals surface area (Å²) in [5, 5.41) is 1.13. The van der Waals surface area contributed by atoms with Crippen LogP contribution >= 0.6 is 8.20 Å². The Hall–Kier alpha value is -1.72. The summed E-state index contributed by atoms with van der Waals surface area (Å²) in [7, 11) is 0.942. The highest BCUT2D eigenvalue weighted by atomic mass is 31.1. The molecule has 0 unspecified atom stereocenters. The van der Waals surface area contributed by atoms with E-state index in [9.17, 15) is 4.79 Å². The number of hydrogen-bond donors (Lipinski definition) is 0. The largest absolute Gasteiger partial charge is 0.289 e. The highest BCUT2D eigenvalue weighted by molar-refractivity contribution is 7.49. The molecule has 0 radical (unpaired) electrons. The Kier molecular flexibility index (Phi) is 3.63. The molecule has 0 aromatic heterocycles. The third-order valence-electron chi connectivity index (χ3n) is 2.15. The van der Waals surface area contributed by atoms with E-state index in [0.717, 1.165) is 19.1 Å². The first-order valence-corrected chi connectivity index (χ1v) is 6.01. The fourth-order valence-electron chi connectivity index (χ4n) is 1.32. The second-order valence-electron chi connectivity index (χ2n) is 3.32. The third kappa shape index (κ3) is 2.88. The maximum absolute atomic E-state index is 11.8. The molecule has 0 atom stereocenters. The Labute approximate surface area is 96.6 Å². The van der Waals surface area contributed by atoms with Gasteiger partial charge in [0.2, 0.25) is 0 Å². The van der Waals surface area contributed by atoms with Crippen molar-refractivity contribution in [2.45, 2.75) is 0 Å². The highest BCUT2D eigenvalue weighted by Gasteiger charge is 1.99. The Morgan fingerprint density at radius 3 is 2.06 bits per heavy atom. The van der Waals surface area contributed by atoms with Crippen LogP contribution in [0.1, 0.15) is 10.4 Å². The summed E-state index contributed by atoms with van der Waals surface area (Å²) >= 11 is 0. The second-order valence-corrected chi connectivity index (χ2v) is 4.36. The second kappa shape index (κ2) is 5.39. The van der Waals surface area contributed by atoms with Crippen LogP contribution in [0.25, 0.3) is 0 Å². The summed E-state index contributed by atoms with van der Waals surface area (Å²) in [4.78, 5) is 11.8. The number of carbonyl (C=O) groups is 1. The predicted octanol–water partition coefficient (Wildman–Crippen LogP) is 2.94. The van der Waals surface area contributed by atoms with Crippen molar-refractivity contribution in [3.05, 3.63) is 66.2 Å². The molecule has 0 amide bonds. The van der Waals surface area contributed by atoms with E-state index in [-0.39, 0.29) is 5.78 Å². The quantitative estimate of drug-likeness (QED) is 0.581. The normalized spacial score (nSPS) is 10.5. The van der Waals surface area contributed by atoms with E-state index in [2.05, 4.69) is 0 Å². The minimum Gasteiger partial charge on any atom is -0.289 e. The van der Waals surface area contributed by atoms with Crippen LogP contribution in [0.5, 0.6) is 0 Å². The molecule has 2 aromatic rings. The Morgan fingerprint density at radius 2 is 1.44 bits per heavy atom. The first-order chi connectivity index (χ1) is 7.86. The number of ketones is 1. The Bertz CT molecular complexity index is 489. The molecule has 0 spiro atoms. The van der Waals surface area contributed by atoms with Crippen molar-refractivity contribution in [2.24, 2.45) is 0 Å². The average Bonchev–Trinajstić information content (AvgIpc) is 2.38. The van der Waals surface area contributed by atoms with Crippen molar-refractivity contribution >= 4 is 25.1 Å². The van der Waals surface area contributed by atoms with Gasteiger partial charge in [0.25, 0.3) is 0 Å². The van der Waals surface area contributed by atoms with Crippen LogP contribution in [-0.2, 0) is 0 Å². The molecule has 0 N–H and O–H groups in total. The van der Waals surface area contributed by atoms with Crippen molar-refractivity contribution in [1.29, 1.82) is 0 Å². The summed E-state index contributed by atoms with van der Waals surface area (Å²) in [6.45, 7) is 0. The fraction of sp³-hybridized carbons (Fsp3) is 0. The van der Waals surface area contributed by atoms with Gasteiger partial charge in [0, 0.05) is 16.7 Å². The average molecular weight is 226 g/mol. The molecule has 0 aliphatic rings. The number of Topliss-reactive ketones (excluding diaryl/α,β-unsaturated/α-hetero) is 1. The number of hydrogen-bond acceptors (Lipinski definition) is 1. The Balaban J connectivity index is 2.12. The fourth-order valence-corrected chi connectivity index (χ4v) is 2.08. The van der Waals surface area contributed by atoms with E-state index < -0.39 is 0 Å². The predicted molar refractivity (Wildman–Crippen MR) is 69.8 cm³/mol. The van der Waals surface area contributed by atoms with Gasteiger partial charge in [0.05, 0.1) is 0 Å². The standard InChI is InChI=1S/C14H11OP/c15-14(12-7-3-1-4-8-12)11-16-13-9-5-2-6-10-13/h1-11H. The van der Waals surface area contributed by atoms with Crippen LogP contribution in [0, 0.1) is 0 Å². The topological polar surface area (TPSA) is 17.1 Å². The zero-order valence-electron chi connectivity index (χ0n) is 8.71. The number of rotatable bonds is 3. The number of carbonyl (C=O) groups excluding carboxylic acids is 1. The molecule has 0 aliphatic heterocycles. The number of benzene rings is 2. The molecular weight excluding hydrogens is 215 g/mol. The summed E-state index contributed by atoms with van der Waals surface area (Å²) in [6.07, 6.45) is 0. The van der Waals surface area contributed by atoms with Gasteiger partial charge in [-0.25, -0.2) is 0 Å². The van der Waals surface area contributed by atoms with Crippen molar-refractivity contribution in [3.8, 4) is 0 Å². The van der Waals surface area contributed by atoms with Crippen molar-refractivity contribution in [2.75, 3.05) is 0 Å². The van der Waals surface area contributed by atoms with Gasteiger partial charge in [0.1, 0.15) is 0 Å². The first-order valence-electron chi connectivity index (χ1n) is 5.05. The molecule has 0 heterocycles. The lowest BCUT2D eigenvalue weighted by molar-refractivity contribution is 0.107. The molecule has 1 nitrogen and oxygen atoms in total. The summed E-state index contributed by atoms with van der Waals surface area (Å²) in [5.41, 5.74) is 0.742. The lowest BCUT2D eigenvalue weighted by Gasteiger charge is -1.93. The van der Waals surface area contributed by atoms with Crippen molar-refractivity contribution in [1.82, 2.24) is 0 Å². The van der Waals surface area contributed by atoms with Crippen molar-refractivity contribution < 1.29 is 4.79 Å². The smallest absolute Gasteiger partial charge is 0.190 e. The maximum atomic E-state index is 11.8. The summed E-state index contributed by atoms with van der Waals surface area (Å²) in [6, 6.07) is 19.3. The lowest BCUT2D eigenvalue weighted by atomic mass is 10.2. The van der Waals surface area contributed by atoms with Crippen LogP contribution in [-0.4, -0.2) is 11.6 Å². The molecule has 2 aromatic carbocycles. The van der Waals surface area contributed by atoms with E-state index in [0.29, 0.717) is 0 Å². The molecular formula is C14H11OP. The molecule has 78 valence electrons. The van der Waals surface area contributed by atoms with Crippen LogP contribution < -0.4 is 5.30 Å². The molecule has 16 heavy (non-hydrogen) atoms. The minimum atomic E-state index is 0.0751. The van der Waals surface area contributed by atoms with Crippen molar-refractivity contribution in [3.63, 3.8) is 0 Å². The molecule has 0 fully saturated rings. The van der Waals surface area contributed by atoms with Gasteiger partial charge >= 0.3 is 0 Å². The van der Waals surface area contributed by atoms with Gasteiger partial charge in [-0.05, 0) is 0 Å². The molecule has 0 saturated heterocycles. The van der Waals surface area contributed by atoms with E-state index in [1.807, 2.05) is 60.7 Å². The van der Waals surface area contributed by atoms with Gasteiger partial charge in [0.15, 0.2) is 5.78 Å². The monoisotopic (exact) mass is 226 g/mol. The molecule has 2 rings (SSSR count). The van der Waals surface area contributed by atoms with Crippen LogP contribution in [0.4, 0.5) is 0 Å². The van der Waals surface area contributed by atoms with Gasteiger partial charge < -0.3 is 0 Å². The van der Waals surface area contributed by atoms with E-state index in [4.69, 9.17) is 0 Å². The minimum absolute atomic E-state index is 0.0751. The Morgan fingerprint density at radius 1 is 0.875 bits per heavy atom. The van der Waals surface area contributed by atoms with Crippen LogP contribution in [0.2, 0.25) is 0 Å². The van der Waals surface area contributed by atoms with E-state index >= 15 is 0 Å². The SMILES string of the molecule is O=C(C=Pc1ccccc1)c1ccccc1. The zero-order chi connectivity index (χ0) is 11.2. The lowest BCUT2D eigenvalue weighted by Crippen LogP contribution is -1.99. The molecule has 0 bridgehead atoms. The van der Waals surface area contributed by atoms with Gasteiger partial charge in [-0.3, -0.25) is 4.79 Å². The van der Waals surface area contributed by atoms with Gasteiger partial charge in [-0.2, -0.15) is 0 Å². The molecule has 0 saturated carbocycles.